The Labute approximate surface area is 235 Å². The molecule has 0 fully saturated rings. The van der Waals surface area contributed by atoms with Crippen molar-refractivity contribution in [2.45, 2.75) is 30.5 Å². The van der Waals surface area contributed by atoms with Crippen LogP contribution in [0.15, 0.2) is 78.0 Å². The fraction of sp³-hybridized carbons (Fsp3) is 0.148. The molecule has 12 heteroatoms. The second-order valence-corrected chi connectivity index (χ2v) is 11.5. The SMILES string of the molecule is CCC(C(=O)Nc1cc(O)c(NC(=O)c2ccc(C)c(Cl)c2)cc1Cl)S(=O)(=O)c1ccn(-c2ccccc2)n1. The Morgan fingerprint density at radius 2 is 1.69 bits per heavy atom. The molecule has 1 heterocycles. The predicted octanol–water partition coefficient (Wildman–Crippen LogP) is 5.64. The van der Waals surface area contributed by atoms with E-state index >= 15 is 0 Å². The molecule has 4 aromatic rings. The Bertz CT molecular complexity index is 1660. The van der Waals surface area contributed by atoms with Crippen LogP contribution < -0.4 is 10.6 Å². The van der Waals surface area contributed by atoms with Crippen molar-refractivity contribution in [3.8, 4) is 11.4 Å². The normalized spacial score (nSPS) is 12.1. The number of sulfone groups is 1. The quantitative estimate of drug-likeness (QED) is 0.229. The number of halogens is 2. The maximum Gasteiger partial charge on any atom is 0.255 e. The topological polar surface area (TPSA) is 130 Å². The number of carbonyl (C=O) groups is 2. The zero-order valence-electron chi connectivity index (χ0n) is 20.9. The van der Waals surface area contributed by atoms with Gasteiger partial charge in [0.2, 0.25) is 15.7 Å². The van der Waals surface area contributed by atoms with Gasteiger partial charge in [0.25, 0.3) is 5.91 Å². The zero-order valence-corrected chi connectivity index (χ0v) is 23.2. The summed E-state index contributed by atoms with van der Waals surface area (Å²) < 4.78 is 27.9. The summed E-state index contributed by atoms with van der Waals surface area (Å²) in [4.78, 5) is 25.7. The Morgan fingerprint density at radius 1 is 0.974 bits per heavy atom. The minimum Gasteiger partial charge on any atom is -0.506 e. The summed E-state index contributed by atoms with van der Waals surface area (Å²) in [5, 5.41) is 18.3. The lowest BCUT2D eigenvalue weighted by Gasteiger charge is -2.16. The summed E-state index contributed by atoms with van der Waals surface area (Å²) >= 11 is 12.4. The standard InChI is InChI=1S/C27H24Cl2N4O5S/c1-3-24(39(37,38)25-11-12-33(32-25)18-7-5-4-6-8-18)27(36)30-21-15-23(34)22(14-20(21)29)31-26(35)17-10-9-16(2)19(28)13-17/h4-15,24,34H,3H2,1-2H3,(H,30,36)(H,31,35). The van der Waals surface area contributed by atoms with Gasteiger partial charge in [-0.3, -0.25) is 9.59 Å². The van der Waals surface area contributed by atoms with E-state index in [4.69, 9.17) is 23.2 Å². The smallest absolute Gasteiger partial charge is 0.255 e. The number of rotatable bonds is 8. The Kier molecular flexibility index (Phi) is 8.29. The minimum absolute atomic E-state index is 0.00851. The van der Waals surface area contributed by atoms with Crippen molar-refractivity contribution in [3.63, 3.8) is 0 Å². The highest BCUT2D eigenvalue weighted by molar-refractivity contribution is 7.92. The van der Waals surface area contributed by atoms with Crippen LogP contribution in [0, 0.1) is 6.92 Å². The van der Waals surface area contributed by atoms with E-state index in [0.29, 0.717) is 10.7 Å². The van der Waals surface area contributed by atoms with Crippen LogP contribution in [0.4, 0.5) is 11.4 Å². The van der Waals surface area contributed by atoms with Gasteiger partial charge in [0, 0.05) is 22.8 Å². The van der Waals surface area contributed by atoms with E-state index in [-0.39, 0.29) is 33.4 Å². The molecule has 1 unspecified atom stereocenters. The van der Waals surface area contributed by atoms with Crippen molar-refractivity contribution in [2.75, 3.05) is 10.6 Å². The molecule has 0 radical (unpaired) electrons. The van der Waals surface area contributed by atoms with Gasteiger partial charge in [-0.15, -0.1) is 0 Å². The van der Waals surface area contributed by atoms with Gasteiger partial charge < -0.3 is 15.7 Å². The third kappa shape index (κ3) is 6.08. The van der Waals surface area contributed by atoms with Crippen molar-refractivity contribution >= 4 is 56.2 Å². The molecule has 9 nitrogen and oxygen atoms in total. The number of nitrogens with one attached hydrogen (secondary N) is 2. The number of aryl methyl sites for hydroxylation is 1. The van der Waals surface area contributed by atoms with Crippen LogP contribution in [0.3, 0.4) is 0 Å². The molecule has 0 bridgehead atoms. The van der Waals surface area contributed by atoms with Gasteiger partial charge in [-0.1, -0.05) is 54.4 Å². The van der Waals surface area contributed by atoms with Crippen LogP contribution >= 0.6 is 23.2 Å². The van der Waals surface area contributed by atoms with Crippen LogP contribution in [0.2, 0.25) is 10.0 Å². The van der Waals surface area contributed by atoms with Gasteiger partial charge in [-0.25, -0.2) is 13.1 Å². The van der Waals surface area contributed by atoms with E-state index in [1.807, 2.05) is 6.07 Å². The molecule has 0 aliphatic heterocycles. The second-order valence-electron chi connectivity index (χ2n) is 8.63. The number of anilines is 2. The molecule has 0 aliphatic carbocycles. The van der Waals surface area contributed by atoms with Crippen LogP contribution in [0.1, 0.15) is 29.3 Å². The number of aromatic nitrogens is 2. The molecule has 3 aromatic carbocycles. The third-order valence-corrected chi connectivity index (χ3v) is 8.76. The van der Waals surface area contributed by atoms with Crippen molar-refractivity contribution in [2.24, 2.45) is 0 Å². The number of aromatic hydroxyl groups is 1. The first-order valence-corrected chi connectivity index (χ1v) is 14.1. The van der Waals surface area contributed by atoms with Gasteiger partial charge >= 0.3 is 0 Å². The first kappa shape index (κ1) is 28.2. The average molecular weight is 587 g/mol. The number of hydrogen-bond donors (Lipinski definition) is 3. The first-order chi connectivity index (χ1) is 18.5. The molecule has 2 amide bonds. The summed E-state index contributed by atoms with van der Waals surface area (Å²) in [6.07, 6.45) is 1.46. The van der Waals surface area contributed by atoms with Gasteiger partial charge in [0.1, 0.15) is 11.0 Å². The fourth-order valence-corrected chi connectivity index (χ4v) is 5.69. The Hall–Kier alpha value is -3.86. The van der Waals surface area contributed by atoms with E-state index in [0.717, 1.165) is 11.6 Å². The third-order valence-electron chi connectivity index (χ3n) is 5.94. The Morgan fingerprint density at radius 3 is 2.36 bits per heavy atom. The van der Waals surface area contributed by atoms with Gasteiger partial charge in [0.15, 0.2) is 5.03 Å². The number of hydrogen-bond acceptors (Lipinski definition) is 6. The molecule has 0 saturated carbocycles. The van der Waals surface area contributed by atoms with Crippen LogP contribution in [-0.4, -0.2) is 40.4 Å². The number of phenolic OH excluding ortho intramolecular Hbond substituents is 1. The molecule has 39 heavy (non-hydrogen) atoms. The van der Waals surface area contributed by atoms with Crippen molar-refractivity contribution in [1.29, 1.82) is 0 Å². The maximum atomic E-state index is 13.3. The fourth-order valence-electron chi connectivity index (χ4n) is 3.77. The lowest BCUT2D eigenvalue weighted by molar-refractivity contribution is -0.115. The summed E-state index contributed by atoms with van der Waals surface area (Å²) in [7, 11) is -4.16. The van der Waals surface area contributed by atoms with Crippen LogP contribution in [0.5, 0.6) is 5.75 Å². The van der Waals surface area contributed by atoms with E-state index in [1.165, 1.54) is 29.1 Å². The molecule has 0 saturated heterocycles. The summed E-state index contributed by atoms with van der Waals surface area (Å²) in [5.74, 6) is -1.77. The molecular formula is C27H24Cl2N4O5S. The molecule has 202 valence electrons. The summed E-state index contributed by atoms with van der Waals surface area (Å²) in [6, 6.07) is 17.4. The van der Waals surface area contributed by atoms with E-state index < -0.39 is 32.7 Å². The minimum atomic E-state index is -4.16. The molecule has 1 aromatic heterocycles. The average Bonchev–Trinajstić information content (AvgIpc) is 3.41. The number of nitrogens with zero attached hydrogens (tertiary/aromatic N) is 2. The zero-order chi connectivity index (χ0) is 28.3. The highest BCUT2D eigenvalue weighted by Gasteiger charge is 2.35. The number of para-hydroxylation sites is 1. The Balaban J connectivity index is 1.52. The highest BCUT2D eigenvalue weighted by Crippen LogP contribution is 2.35. The van der Waals surface area contributed by atoms with Crippen molar-refractivity contribution in [3.05, 3.63) is 94.1 Å². The molecule has 0 spiro atoms. The molecule has 3 N–H and O–H groups in total. The van der Waals surface area contributed by atoms with Crippen molar-refractivity contribution < 1.29 is 23.1 Å². The molecule has 4 rings (SSSR count). The van der Waals surface area contributed by atoms with Crippen molar-refractivity contribution in [1.82, 2.24) is 9.78 Å². The first-order valence-electron chi connectivity index (χ1n) is 11.8. The van der Waals surface area contributed by atoms with Crippen LogP contribution in [-0.2, 0) is 14.6 Å². The monoisotopic (exact) mass is 586 g/mol. The molecule has 0 aliphatic rings. The summed E-state index contributed by atoms with van der Waals surface area (Å²) in [5.41, 5.74) is 1.70. The second kappa shape index (κ2) is 11.5. The number of amides is 2. The number of benzene rings is 3. The van der Waals surface area contributed by atoms with E-state index in [1.54, 1.807) is 50.2 Å². The lowest BCUT2D eigenvalue weighted by atomic mass is 10.1. The number of phenols is 1. The lowest BCUT2D eigenvalue weighted by Crippen LogP contribution is -2.35. The number of carbonyl (C=O) groups excluding carboxylic acids is 2. The summed E-state index contributed by atoms with van der Waals surface area (Å²) in [6.45, 7) is 3.36. The van der Waals surface area contributed by atoms with Gasteiger partial charge in [0.05, 0.1) is 22.1 Å². The maximum absolute atomic E-state index is 13.3. The van der Waals surface area contributed by atoms with Crippen LogP contribution in [0.25, 0.3) is 5.69 Å². The van der Waals surface area contributed by atoms with E-state index in [2.05, 4.69) is 15.7 Å². The predicted molar refractivity (Wildman–Crippen MR) is 151 cm³/mol. The van der Waals surface area contributed by atoms with E-state index in [9.17, 15) is 23.1 Å². The largest absolute Gasteiger partial charge is 0.506 e. The highest BCUT2D eigenvalue weighted by atomic mass is 35.5. The van der Waals surface area contributed by atoms with Gasteiger partial charge in [-0.05, 0) is 55.3 Å². The van der Waals surface area contributed by atoms with Gasteiger partial charge in [-0.2, -0.15) is 5.10 Å². The molecular weight excluding hydrogens is 563 g/mol. The molecule has 1 atom stereocenters.